The van der Waals surface area contributed by atoms with Gasteiger partial charge in [-0.05, 0) is 57.9 Å². The summed E-state index contributed by atoms with van der Waals surface area (Å²) in [6.07, 6.45) is 1.25. The van der Waals surface area contributed by atoms with Gasteiger partial charge in [0.05, 0.1) is 31.6 Å². The van der Waals surface area contributed by atoms with Crippen molar-refractivity contribution in [2.75, 3.05) is 14.2 Å². The highest BCUT2D eigenvalue weighted by atomic mass is 16.5. The number of benzene rings is 1. The van der Waals surface area contributed by atoms with Crippen molar-refractivity contribution in [3.8, 4) is 11.5 Å². The lowest BCUT2D eigenvalue weighted by Crippen LogP contribution is -2.39. The van der Waals surface area contributed by atoms with E-state index in [9.17, 15) is 9.90 Å². The average molecular weight is 401 g/mol. The lowest BCUT2D eigenvalue weighted by Gasteiger charge is -2.29. The van der Waals surface area contributed by atoms with E-state index in [-0.39, 0.29) is 5.54 Å². The van der Waals surface area contributed by atoms with Gasteiger partial charge in [-0.1, -0.05) is 0 Å². The van der Waals surface area contributed by atoms with Crippen LogP contribution in [0.25, 0.3) is 0 Å². The number of nitrogens with one attached hydrogen (secondary N) is 1. The van der Waals surface area contributed by atoms with Gasteiger partial charge >= 0.3 is 5.97 Å². The predicted octanol–water partition coefficient (Wildman–Crippen LogP) is 2.19. The number of methoxy groups -OCH3 is 2. The van der Waals surface area contributed by atoms with Crippen molar-refractivity contribution < 1.29 is 24.1 Å². The van der Waals surface area contributed by atoms with Crippen molar-refractivity contribution >= 4 is 17.5 Å². The first kappa shape index (κ1) is 20.9. The molecule has 2 N–H and O–H groups in total. The Kier molecular flexibility index (Phi) is 5.66. The molecule has 8 nitrogen and oxygen atoms in total. The number of aliphatic hydroxyl groups excluding tert-OH is 1. The number of fused-ring (bicyclic) bond motifs is 1. The van der Waals surface area contributed by atoms with Crippen LogP contribution in [0, 0.1) is 5.92 Å². The Balaban J connectivity index is 1.93. The summed E-state index contributed by atoms with van der Waals surface area (Å²) in [4.78, 5) is 16.9. The number of hydrogen-bond donors (Lipinski definition) is 2. The van der Waals surface area contributed by atoms with E-state index in [0.29, 0.717) is 28.8 Å². The number of carbonyl (C=O) groups excluding carboxylic acids is 1. The van der Waals surface area contributed by atoms with Crippen LogP contribution in [-0.4, -0.2) is 48.5 Å². The molecule has 0 spiro atoms. The Bertz CT molecular complexity index is 917. The summed E-state index contributed by atoms with van der Waals surface area (Å²) in [5, 5.41) is 14.6. The molecule has 0 radical (unpaired) electrons. The Labute approximate surface area is 170 Å². The monoisotopic (exact) mass is 401 g/mol. The number of carbonyl (C=O) groups is 1. The minimum Gasteiger partial charge on any atom is -0.493 e. The van der Waals surface area contributed by atoms with Crippen LogP contribution in [0.1, 0.15) is 38.8 Å². The molecular formula is C21H27N3O5. The van der Waals surface area contributed by atoms with E-state index < -0.39 is 18.0 Å². The number of amidine groups is 1. The second-order valence-electron chi connectivity index (χ2n) is 7.85. The molecule has 2 aliphatic heterocycles. The van der Waals surface area contributed by atoms with Crippen LogP contribution in [0.4, 0.5) is 0 Å². The maximum absolute atomic E-state index is 12.2. The Morgan fingerprint density at radius 3 is 2.59 bits per heavy atom. The minimum atomic E-state index is -0.983. The van der Waals surface area contributed by atoms with Gasteiger partial charge in [0.1, 0.15) is 17.5 Å². The SMILES string of the molecule is COc1cc2c(cc1OC)C(N/N=C(\C)C1C(=O)OC(C)=CC1O)=NC(C)(C)C2. The van der Waals surface area contributed by atoms with Crippen molar-refractivity contribution in [2.24, 2.45) is 16.0 Å². The number of esters is 1. The quantitative estimate of drug-likeness (QED) is 0.456. The van der Waals surface area contributed by atoms with E-state index in [2.05, 4.69) is 10.5 Å². The summed E-state index contributed by atoms with van der Waals surface area (Å²) in [6, 6.07) is 3.80. The highest BCUT2D eigenvalue weighted by Gasteiger charge is 2.34. The van der Waals surface area contributed by atoms with Crippen molar-refractivity contribution in [3.63, 3.8) is 0 Å². The maximum Gasteiger partial charge on any atom is 0.322 e. The first-order valence-electron chi connectivity index (χ1n) is 9.38. The van der Waals surface area contributed by atoms with E-state index >= 15 is 0 Å². The molecule has 0 amide bonds. The first-order valence-corrected chi connectivity index (χ1v) is 9.38. The van der Waals surface area contributed by atoms with Gasteiger partial charge in [-0.2, -0.15) is 5.10 Å². The number of aliphatic hydroxyl groups is 1. The molecule has 0 aliphatic carbocycles. The molecule has 2 heterocycles. The summed E-state index contributed by atoms with van der Waals surface area (Å²) in [5.74, 6) is 0.785. The molecule has 0 fully saturated rings. The number of allylic oxidation sites excluding steroid dienone is 1. The van der Waals surface area contributed by atoms with Gasteiger partial charge < -0.3 is 19.3 Å². The molecule has 0 bridgehead atoms. The third-order valence-electron chi connectivity index (χ3n) is 4.95. The molecular weight excluding hydrogens is 374 g/mol. The molecule has 156 valence electrons. The maximum atomic E-state index is 12.2. The summed E-state index contributed by atoms with van der Waals surface area (Å²) in [7, 11) is 3.18. The van der Waals surface area contributed by atoms with Gasteiger partial charge in [0.2, 0.25) is 0 Å². The minimum absolute atomic E-state index is 0.346. The molecule has 29 heavy (non-hydrogen) atoms. The first-order chi connectivity index (χ1) is 13.6. The van der Waals surface area contributed by atoms with Crippen LogP contribution >= 0.6 is 0 Å². The molecule has 2 aliphatic rings. The third kappa shape index (κ3) is 4.27. The predicted molar refractivity (Wildman–Crippen MR) is 109 cm³/mol. The van der Waals surface area contributed by atoms with E-state index in [0.717, 1.165) is 17.5 Å². The van der Waals surface area contributed by atoms with Crippen LogP contribution in [-0.2, 0) is 16.0 Å². The molecule has 1 aromatic rings. The van der Waals surface area contributed by atoms with E-state index in [1.807, 2.05) is 26.0 Å². The zero-order valence-electron chi connectivity index (χ0n) is 17.6. The number of cyclic esters (lactones) is 1. The largest absolute Gasteiger partial charge is 0.493 e. The molecule has 3 rings (SSSR count). The Morgan fingerprint density at radius 1 is 1.31 bits per heavy atom. The fourth-order valence-corrected chi connectivity index (χ4v) is 3.60. The molecule has 1 aromatic carbocycles. The van der Waals surface area contributed by atoms with Crippen LogP contribution in [0.5, 0.6) is 11.5 Å². The Morgan fingerprint density at radius 2 is 1.97 bits per heavy atom. The lowest BCUT2D eigenvalue weighted by molar-refractivity contribution is -0.145. The summed E-state index contributed by atoms with van der Waals surface area (Å²) in [6.45, 7) is 7.35. The smallest absolute Gasteiger partial charge is 0.322 e. The van der Waals surface area contributed by atoms with Crippen molar-refractivity contribution in [3.05, 3.63) is 35.1 Å². The Hall–Kier alpha value is -2.87. The van der Waals surface area contributed by atoms with Crippen LogP contribution in [0.3, 0.4) is 0 Å². The summed E-state index contributed by atoms with van der Waals surface area (Å²) < 4.78 is 16.0. The average Bonchev–Trinajstić information content (AvgIpc) is 2.63. The van der Waals surface area contributed by atoms with E-state index in [1.54, 1.807) is 28.1 Å². The molecule has 0 saturated heterocycles. The standard InChI is InChI=1S/C21H27N3O5/c1-11-7-15(25)18(20(26)29-11)12(2)23-24-19-14-9-17(28-6)16(27-5)8-13(14)10-21(3,4)22-19/h7-9,15,18,25H,10H2,1-6H3,(H,22,24)/b23-12+. The molecule has 8 heteroatoms. The number of rotatable bonds is 4. The molecule has 2 unspecified atom stereocenters. The van der Waals surface area contributed by atoms with Crippen molar-refractivity contribution in [1.82, 2.24) is 5.43 Å². The summed E-state index contributed by atoms with van der Waals surface area (Å²) in [5.41, 5.74) is 4.93. The van der Waals surface area contributed by atoms with E-state index in [1.165, 1.54) is 6.08 Å². The molecule has 0 aromatic heterocycles. The summed E-state index contributed by atoms with van der Waals surface area (Å²) >= 11 is 0. The number of ether oxygens (including phenoxy) is 3. The topological polar surface area (TPSA) is 102 Å². The fraction of sp³-hybridized carbons (Fsp3) is 0.476. The second-order valence-corrected chi connectivity index (χ2v) is 7.85. The molecule has 2 atom stereocenters. The van der Waals surface area contributed by atoms with Gasteiger partial charge in [0.25, 0.3) is 0 Å². The highest BCUT2D eigenvalue weighted by Crippen LogP contribution is 2.35. The van der Waals surface area contributed by atoms with Gasteiger partial charge in [-0.15, -0.1) is 0 Å². The number of nitrogens with zero attached hydrogens (tertiary/aromatic N) is 2. The molecule has 0 saturated carbocycles. The second kappa shape index (κ2) is 7.87. The number of aliphatic imine (C=N–C) groups is 1. The fourth-order valence-electron chi connectivity index (χ4n) is 3.60. The zero-order valence-corrected chi connectivity index (χ0v) is 17.6. The van der Waals surface area contributed by atoms with E-state index in [4.69, 9.17) is 19.2 Å². The van der Waals surface area contributed by atoms with Gasteiger partial charge in [0.15, 0.2) is 11.5 Å². The van der Waals surface area contributed by atoms with Crippen molar-refractivity contribution in [2.45, 2.75) is 45.8 Å². The van der Waals surface area contributed by atoms with Crippen LogP contribution in [0.15, 0.2) is 34.1 Å². The third-order valence-corrected chi connectivity index (χ3v) is 4.95. The lowest BCUT2D eigenvalue weighted by atomic mass is 9.88. The zero-order chi connectivity index (χ0) is 21.3. The van der Waals surface area contributed by atoms with Crippen molar-refractivity contribution in [1.29, 1.82) is 0 Å². The normalized spacial score (nSPS) is 23.4. The van der Waals surface area contributed by atoms with Crippen LogP contribution in [0.2, 0.25) is 0 Å². The van der Waals surface area contributed by atoms with Crippen LogP contribution < -0.4 is 14.9 Å². The number of hydrazone groups is 1. The van der Waals surface area contributed by atoms with Gasteiger partial charge in [-0.25, -0.2) is 0 Å². The number of hydrogen-bond acceptors (Lipinski definition) is 8. The highest BCUT2D eigenvalue weighted by molar-refractivity contribution is 6.05. The van der Waals surface area contributed by atoms with Gasteiger partial charge in [0, 0.05) is 5.56 Å². The van der Waals surface area contributed by atoms with Gasteiger partial charge in [-0.3, -0.25) is 15.2 Å².